The van der Waals surface area contributed by atoms with Gasteiger partial charge in [0.15, 0.2) is 17.2 Å². The van der Waals surface area contributed by atoms with E-state index in [1.807, 2.05) is 0 Å². The lowest BCUT2D eigenvalue weighted by molar-refractivity contribution is -0.261. The molecule has 1 aromatic carbocycles. The van der Waals surface area contributed by atoms with Crippen LogP contribution in [0.25, 0.3) is 0 Å². The van der Waals surface area contributed by atoms with Gasteiger partial charge in [0.05, 0.1) is 13.3 Å². The number of amides is 3. The molecule has 3 atom stereocenters. The largest absolute Gasteiger partial charge is 0.493 e. The standard InChI is InChI=1S/C24H20F5N5O6/c1-23(24(27,28)29)9-12(11-3-4-13(25)16(26)17(11)38-2)18(40-23)20(36)32-10-7-14(19(30)35)33-15(8-10)34-21(37)22-31-5-6-39-22/h3-8,12,18H,9H2,1-2H3,(H2,30,35)(H2,32,33,34,36,37)/t12-,18+,23+/m0/s1. The number of ether oxygens (including phenoxy) is 2. The first-order valence-electron chi connectivity index (χ1n) is 11.3. The number of pyridine rings is 1. The van der Waals surface area contributed by atoms with Gasteiger partial charge in [0.2, 0.25) is 5.82 Å². The van der Waals surface area contributed by atoms with Crippen LogP contribution in [0.5, 0.6) is 5.75 Å². The fourth-order valence-electron chi connectivity index (χ4n) is 4.19. The van der Waals surface area contributed by atoms with E-state index in [0.29, 0.717) is 13.0 Å². The highest BCUT2D eigenvalue weighted by molar-refractivity contribution is 6.02. The third-order valence-corrected chi connectivity index (χ3v) is 6.12. The molecule has 1 aliphatic rings. The quantitative estimate of drug-likeness (QED) is 0.365. The molecule has 0 radical (unpaired) electrons. The fourth-order valence-corrected chi connectivity index (χ4v) is 4.19. The van der Waals surface area contributed by atoms with Crippen molar-refractivity contribution < 1.29 is 50.2 Å². The maximum absolute atomic E-state index is 14.4. The van der Waals surface area contributed by atoms with Gasteiger partial charge in [-0.1, -0.05) is 6.07 Å². The van der Waals surface area contributed by atoms with Gasteiger partial charge in [-0.3, -0.25) is 14.4 Å². The van der Waals surface area contributed by atoms with Crippen LogP contribution in [-0.2, 0) is 9.53 Å². The van der Waals surface area contributed by atoms with E-state index >= 15 is 0 Å². The molecule has 1 saturated heterocycles. The first-order chi connectivity index (χ1) is 18.7. The minimum Gasteiger partial charge on any atom is -0.493 e. The summed E-state index contributed by atoms with van der Waals surface area (Å²) in [7, 11) is 0.992. The molecule has 40 heavy (non-hydrogen) atoms. The smallest absolute Gasteiger partial charge is 0.417 e. The van der Waals surface area contributed by atoms with Crippen LogP contribution >= 0.6 is 0 Å². The number of anilines is 2. The first-order valence-corrected chi connectivity index (χ1v) is 11.3. The molecule has 3 aromatic rings. The van der Waals surface area contributed by atoms with Gasteiger partial charge in [-0.25, -0.2) is 14.4 Å². The third kappa shape index (κ3) is 5.42. The summed E-state index contributed by atoms with van der Waals surface area (Å²) in [6.07, 6.45) is -5.35. The molecule has 3 amide bonds. The molecule has 0 bridgehead atoms. The Morgan fingerprint density at radius 1 is 1.18 bits per heavy atom. The lowest BCUT2D eigenvalue weighted by atomic mass is 9.85. The van der Waals surface area contributed by atoms with E-state index in [1.54, 1.807) is 0 Å². The molecule has 2 aromatic heterocycles. The molecule has 4 rings (SSSR count). The summed E-state index contributed by atoms with van der Waals surface area (Å²) in [6, 6.07) is 3.78. The van der Waals surface area contributed by atoms with Gasteiger partial charge >= 0.3 is 12.1 Å². The van der Waals surface area contributed by atoms with Crippen molar-refractivity contribution in [2.45, 2.75) is 37.1 Å². The summed E-state index contributed by atoms with van der Waals surface area (Å²) in [5.74, 6) is -8.62. The van der Waals surface area contributed by atoms with Gasteiger partial charge in [0, 0.05) is 23.2 Å². The van der Waals surface area contributed by atoms with E-state index in [4.69, 9.17) is 19.6 Å². The van der Waals surface area contributed by atoms with Crippen LogP contribution in [0, 0.1) is 11.6 Å². The predicted octanol–water partition coefficient (Wildman–Crippen LogP) is 3.54. The molecule has 0 unspecified atom stereocenters. The van der Waals surface area contributed by atoms with Crippen LogP contribution in [0.1, 0.15) is 46.0 Å². The summed E-state index contributed by atoms with van der Waals surface area (Å²) < 4.78 is 85.0. The zero-order chi connectivity index (χ0) is 29.4. The maximum Gasteiger partial charge on any atom is 0.417 e. The average Bonchev–Trinajstić information content (AvgIpc) is 3.54. The van der Waals surface area contributed by atoms with Crippen molar-refractivity contribution in [1.29, 1.82) is 0 Å². The van der Waals surface area contributed by atoms with Gasteiger partial charge in [0.1, 0.15) is 23.9 Å². The summed E-state index contributed by atoms with van der Waals surface area (Å²) in [5, 5.41) is 4.58. The summed E-state index contributed by atoms with van der Waals surface area (Å²) in [5.41, 5.74) is 1.57. The van der Waals surface area contributed by atoms with Crippen LogP contribution < -0.4 is 21.1 Å². The fraction of sp³-hybridized carbons (Fsp3) is 0.292. The van der Waals surface area contributed by atoms with Crippen molar-refractivity contribution in [3.8, 4) is 5.75 Å². The zero-order valence-corrected chi connectivity index (χ0v) is 20.6. The van der Waals surface area contributed by atoms with Crippen LogP contribution in [0.15, 0.2) is 41.1 Å². The van der Waals surface area contributed by atoms with Crippen molar-refractivity contribution in [3.63, 3.8) is 0 Å². The van der Waals surface area contributed by atoms with E-state index in [-0.39, 0.29) is 23.0 Å². The number of carbonyl (C=O) groups excluding carboxylic acids is 3. The Morgan fingerprint density at radius 3 is 2.50 bits per heavy atom. The molecule has 0 spiro atoms. The molecule has 16 heteroatoms. The van der Waals surface area contributed by atoms with E-state index in [0.717, 1.165) is 31.6 Å². The monoisotopic (exact) mass is 569 g/mol. The average molecular weight is 569 g/mol. The second-order valence-corrected chi connectivity index (χ2v) is 8.83. The number of halogens is 5. The molecule has 1 fully saturated rings. The molecule has 212 valence electrons. The molecule has 1 aliphatic heterocycles. The number of nitrogens with zero attached hydrogens (tertiary/aromatic N) is 2. The molecule has 3 heterocycles. The Labute approximate surface area is 221 Å². The lowest BCUT2D eigenvalue weighted by Crippen LogP contribution is -2.43. The van der Waals surface area contributed by atoms with Crippen molar-refractivity contribution in [3.05, 3.63) is 65.5 Å². The number of carbonyl (C=O) groups is 3. The number of oxazole rings is 1. The number of alkyl halides is 3. The Kier molecular flexibility index (Phi) is 7.47. The first kappa shape index (κ1) is 28.4. The highest BCUT2D eigenvalue weighted by Gasteiger charge is 2.61. The van der Waals surface area contributed by atoms with Gasteiger partial charge in [0.25, 0.3) is 17.7 Å². The topological polar surface area (TPSA) is 159 Å². The molecule has 0 aliphatic carbocycles. The van der Waals surface area contributed by atoms with Crippen molar-refractivity contribution >= 4 is 29.2 Å². The minimum absolute atomic E-state index is 0.211. The maximum atomic E-state index is 14.4. The normalized spacial score (nSPS) is 20.7. The Bertz CT molecular complexity index is 1470. The van der Waals surface area contributed by atoms with Crippen molar-refractivity contribution in [1.82, 2.24) is 9.97 Å². The Balaban J connectivity index is 1.69. The number of primary amides is 1. The van der Waals surface area contributed by atoms with Crippen LogP contribution in [0.3, 0.4) is 0 Å². The minimum atomic E-state index is -4.95. The Hall–Kier alpha value is -4.60. The van der Waals surface area contributed by atoms with E-state index < -0.39 is 71.0 Å². The summed E-state index contributed by atoms with van der Waals surface area (Å²) >= 11 is 0. The molecular weight excluding hydrogens is 549 g/mol. The number of nitrogens with two attached hydrogens (primary N) is 1. The van der Waals surface area contributed by atoms with Crippen LogP contribution in [0.4, 0.5) is 33.5 Å². The second-order valence-electron chi connectivity index (χ2n) is 8.83. The molecular formula is C24H20F5N5O6. The van der Waals surface area contributed by atoms with E-state index in [9.17, 15) is 36.3 Å². The van der Waals surface area contributed by atoms with Gasteiger partial charge in [-0.15, -0.1) is 0 Å². The number of aromatic nitrogens is 2. The number of nitrogens with one attached hydrogen (secondary N) is 2. The molecule has 4 N–H and O–H groups in total. The molecule has 0 saturated carbocycles. The van der Waals surface area contributed by atoms with Crippen LogP contribution in [-0.4, -0.2) is 52.7 Å². The number of hydrogen-bond acceptors (Lipinski definition) is 8. The third-order valence-electron chi connectivity index (χ3n) is 6.12. The number of rotatable bonds is 7. The Morgan fingerprint density at radius 2 is 1.90 bits per heavy atom. The van der Waals surface area contributed by atoms with Crippen molar-refractivity contribution in [2.75, 3.05) is 17.7 Å². The second kappa shape index (κ2) is 10.5. The number of benzene rings is 1. The van der Waals surface area contributed by atoms with Gasteiger partial charge in [-0.2, -0.15) is 17.6 Å². The van der Waals surface area contributed by atoms with Gasteiger partial charge < -0.3 is 30.3 Å². The van der Waals surface area contributed by atoms with Crippen LogP contribution in [0.2, 0.25) is 0 Å². The lowest BCUT2D eigenvalue weighted by Gasteiger charge is -2.27. The van der Waals surface area contributed by atoms with Gasteiger partial charge in [-0.05, 0) is 25.5 Å². The summed E-state index contributed by atoms with van der Waals surface area (Å²) in [4.78, 5) is 44.9. The van der Waals surface area contributed by atoms with E-state index in [1.165, 1.54) is 6.20 Å². The summed E-state index contributed by atoms with van der Waals surface area (Å²) in [6.45, 7) is 0.716. The molecule has 11 nitrogen and oxygen atoms in total. The zero-order valence-electron chi connectivity index (χ0n) is 20.6. The number of hydrogen-bond donors (Lipinski definition) is 3. The SMILES string of the molecule is COc1c([C@@H]2C[C@](C)(C(F)(F)F)O[C@H]2C(=O)Nc2cc(NC(=O)c3ncco3)nc(C(N)=O)c2)ccc(F)c1F. The van der Waals surface area contributed by atoms with Crippen molar-refractivity contribution in [2.24, 2.45) is 5.73 Å². The highest BCUT2D eigenvalue weighted by atomic mass is 19.4. The number of methoxy groups -OCH3 is 1. The highest BCUT2D eigenvalue weighted by Crippen LogP contribution is 2.51. The predicted molar refractivity (Wildman–Crippen MR) is 125 cm³/mol. The van der Waals surface area contributed by atoms with E-state index in [2.05, 4.69) is 20.6 Å².